The number of unbranched alkanes of at least 4 members (excludes halogenated alkanes) is 13. The Morgan fingerprint density at radius 3 is 1.73 bits per heavy atom. The zero-order valence-electron chi connectivity index (χ0n) is 21.0. The van der Waals surface area contributed by atoms with Crippen LogP contribution in [0.3, 0.4) is 0 Å². The smallest absolute Gasteiger partial charge is 0.193 e. The predicted molar refractivity (Wildman–Crippen MR) is 139 cm³/mol. The number of hydrogen-bond acceptors (Lipinski definition) is 3. The van der Waals surface area contributed by atoms with Crippen molar-refractivity contribution in [1.29, 1.82) is 0 Å². The average molecular weight is 453 g/mol. The molecule has 0 fully saturated rings. The monoisotopic (exact) mass is 452 g/mol. The molecule has 2 aromatic rings. The number of methoxy groups -OCH3 is 1. The quantitative estimate of drug-likeness (QED) is 0.158. The molecule has 0 N–H and O–H groups in total. The molecule has 0 aromatic heterocycles. The summed E-state index contributed by atoms with van der Waals surface area (Å²) in [6.45, 7) is 2.96. The van der Waals surface area contributed by atoms with Crippen molar-refractivity contribution in [2.45, 2.75) is 96.8 Å². The molecule has 2 rings (SSSR count). The third-order valence-corrected chi connectivity index (χ3v) is 6.22. The summed E-state index contributed by atoms with van der Waals surface area (Å²) in [5, 5.41) is 0. The van der Waals surface area contributed by atoms with Crippen molar-refractivity contribution in [2.75, 3.05) is 13.7 Å². The molecule has 0 saturated heterocycles. The van der Waals surface area contributed by atoms with Crippen molar-refractivity contribution < 1.29 is 14.3 Å². The molecule has 0 bridgehead atoms. The first-order valence-corrected chi connectivity index (χ1v) is 13.2. The molecule has 0 amide bonds. The first kappa shape index (κ1) is 27.0. The topological polar surface area (TPSA) is 35.5 Å². The summed E-state index contributed by atoms with van der Waals surface area (Å²) in [5.41, 5.74) is 1.29. The van der Waals surface area contributed by atoms with Gasteiger partial charge in [-0.25, -0.2) is 0 Å². The van der Waals surface area contributed by atoms with Gasteiger partial charge in [0.15, 0.2) is 17.3 Å². The fourth-order valence-electron chi connectivity index (χ4n) is 4.16. The first-order chi connectivity index (χ1) is 16.3. The Hall–Kier alpha value is -2.29. The van der Waals surface area contributed by atoms with E-state index in [2.05, 4.69) is 6.92 Å². The van der Waals surface area contributed by atoms with Gasteiger partial charge >= 0.3 is 0 Å². The first-order valence-electron chi connectivity index (χ1n) is 13.2. The van der Waals surface area contributed by atoms with E-state index in [1.165, 1.54) is 83.5 Å². The van der Waals surface area contributed by atoms with Crippen molar-refractivity contribution in [3.63, 3.8) is 0 Å². The van der Waals surface area contributed by atoms with Crippen LogP contribution >= 0.6 is 0 Å². The Kier molecular flexibility index (Phi) is 14.1. The lowest BCUT2D eigenvalue weighted by Crippen LogP contribution is -2.04. The van der Waals surface area contributed by atoms with Crippen molar-refractivity contribution in [3.8, 4) is 11.5 Å². The number of ketones is 1. The van der Waals surface area contributed by atoms with Crippen LogP contribution in [0.5, 0.6) is 11.5 Å². The van der Waals surface area contributed by atoms with E-state index in [1.54, 1.807) is 13.2 Å². The van der Waals surface area contributed by atoms with Gasteiger partial charge in [-0.15, -0.1) is 0 Å². The highest BCUT2D eigenvalue weighted by Crippen LogP contribution is 2.29. The van der Waals surface area contributed by atoms with Gasteiger partial charge in [0.2, 0.25) is 0 Å². The minimum absolute atomic E-state index is 0.00702. The zero-order chi connectivity index (χ0) is 23.6. The molecule has 3 nitrogen and oxygen atoms in total. The van der Waals surface area contributed by atoms with Crippen molar-refractivity contribution in [1.82, 2.24) is 0 Å². The molecule has 0 atom stereocenters. The van der Waals surface area contributed by atoms with Gasteiger partial charge < -0.3 is 9.47 Å². The van der Waals surface area contributed by atoms with Crippen LogP contribution in [0.1, 0.15) is 113 Å². The van der Waals surface area contributed by atoms with Crippen molar-refractivity contribution in [3.05, 3.63) is 59.7 Å². The van der Waals surface area contributed by atoms with Crippen molar-refractivity contribution in [2.24, 2.45) is 0 Å². The highest BCUT2D eigenvalue weighted by Gasteiger charge is 2.12. The molecule has 0 aliphatic rings. The number of carbonyl (C=O) groups excluding carboxylic acids is 1. The number of rotatable bonds is 19. The van der Waals surface area contributed by atoms with Crippen LogP contribution in [0.25, 0.3) is 0 Å². The van der Waals surface area contributed by atoms with E-state index in [0.717, 1.165) is 6.42 Å². The molecular weight excluding hydrogens is 408 g/mol. The third-order valence-electron chi connectivity index (χ3n) is 6.22. The summed E-state index contributed by atoms with van der Waals surface area (Å²) in [7, 11) is 1.62. The third kappa shape index (κ3) is 10.9. The highest BCUT2D eigenvalue weighted by molar-refractivity contribution is 6.09. The molecule has 0 aliphatic carbocycles. The van der Waals surface area contributed by atoms with Gasteiger partial charge in [0.05, 0.1) is 13.7 Å². The summed E-state index contributed by atoms with van der Waals surface area (Å²) in [5.74, 6) is 1.31. The maximum atomic E-state index is 12.6. The fourth-order valence-corrected chi connectivity index (χ4v) is 4.16. The van der Waals surface area contributed by atoms with Crippen LogP contribution in [0.4, 0.5) is 0 Å². The predicted octanol–water partition coefficient (Wildman–Crippen LogP) is 8.79. The van der Waals surface area contributed by atoms with Crippen LogP contribution in [-0.2, 0) is 0 Å². The summed E-state index contributed by atoms with van der Waals surface area (Å²) in [6.07, 6.45) is 18.9. The maximum absolute atomic E-state index is 12.6. The number of ether oxygens (including phenoxy) is 2. The van der Waals surface area contributed by atoms with Gasteiger partial charge in [0, 0.05) is 11.1 Å². The molecule has 33 heavy (non-hydrogen) atoms. The van der Waals surface area contributed by atoms with Gasteiger partial charge in [0.25, 0.3) is 0 Å². The van der Waals surface area contributed by atoms with E-state index in [0.29, 0.717) is 29.2 Å². The molecule has 182 valence electrons. The molecule has 0 heterocycles. The Labute approximate surface area is 201 Å². The van der Waals surface area contributed by atoms with E-state index in [-0.39, 0.29) is 5.78 Å². The van der Waals surface area contributed by atoms with Gasteiger partial charge in [-0.2, -0.15) is 0 Å². The van der Waals surface area contributed by atoms with E-state index in [4.69, 9.17) is 9.47 Å². The van der Waals surface area contributed by atoms with Gasteiger partial charge in [-0.05, 0) is 24.6 Å². The van der Waals surface area contributed by atoms with E-state index in [9.17, 15) is 4.79 Å². The van der Waals surface area contributed by atoms with Gasteiger partial charge in [0.1, 0.15) is 0 Å². The fraction of sp³-hybridized carbons (Fsp3) is 0.567. The zero-order valence-corrected chi connectivity index (χ0v) is 21.0. The average Bonchev–Trinajstić information content (AvgIpc) is 2.86. The van der Waals surface area contributed by atoms with Crippen LogP contribution in [-0.4, -0.2) is 19.5 Å². The van der Waals surface area contributed by atoms with E-state index < -0.39 is 0 Å². The molecule has 0 saturated carbocycles. The maximum Gasteiger partial charge on any atom is 0.193 e. The molecular formula is C30H44O3. The number of hydrogen-bond donors (Lipinski definition) is 0. The molecule has 2 aromatic carbocycles. The second-order valence-electron chi connectivity index (χ2n) is 9.01. The summed E-state index contributed by atoms with van der Waals surface area (Å²) in [6, 6.07) is 14.7. The lowest BCUT2D eigenvalue weighted by Gasteiger charge is -2.12. The Morgan fingerprint density at radius 1 is 0.636 bits per heavy atom. The van der Waals surface area contributed by atoms with E-state index >= 15 is 0 Å². The van der Waals surface area contributed by atoms with Gasteiger partial charge in [-0.3, -0.25) is 4.79 Å². The summed E-state index contributed by atoms with van der Waals surface area (Å²) >= 11 is 0. The van der Waals surface area contributed by atoms with Crippen molar-refractivity contribution >= 4 is 5.78 Å². The normalized spacial score (nSPS) is 10.8. The number of carbonyl (C=O) groups is 1. The highest BCUT2D eigenvalue weighted by atomic mass is 16.5. The standard InChI is InChI=1S/C30H44O3/c1-3-4-5-6-7-8-9-10-11-12-13-14-15-19-24-33-28-23-22-27(25-29(28)32-2)30(31)26-20-17-16-18-21-26/h16-18,20-23,25H,3-15,19,24H2,1-2H3. The minimum Gasteiger partial charge on any atom is -0.493 e. The largest absolute Gasteiger partial charge is 0.493 e. The van der Waals surface area contributed by atoms with Gasteiger partial charge in [-0.1, -0.05) is 121 Å². The molecule has 0 aliphatic heterocycles. The van der Waals surface area contributed by atoms with E-state index in [1.807, 2.05) is 42.5 Å². The van der Waals surface area contributed by atoms with Crippen LogP contribution in [0.15, 0.2) is 48.5 Å². The number of benzene rings is 2. The minimum atomic E-state index is -0.00702. The Morgan fingerprint density at radius 2 is 1.18 bits per heavy atom. The summed E-state index contributed by atoms with van der Waals surface area (Å²) in [4.78, 5) is 12.6. The second-order valence-corrected chi connectivity index (χ2v) is 9.01. The summed E-state index contributed by atoms with van der Waals surface area (Å²) < 4.78 is 11.4. The Bertz CT molecular complexity index is 769. The Balaban J connectivity index is 1.54. The molecule has 0 radical (unpaired) electrons. The lowest BCUT2D eigenvalue weighted by molar-refractivity contribution is 0.103. The second kappa shape index (κ2) is 17.2. The lowest BCUT2D eigenvalue weighted by atomic mass is 10.0. The molecule has 0 unspecified atom stereocenters. The SMILES string of the molecule is CCCCCCCCCCCCCCCCOc1ccc(C(=O)c2ccccc2)cc1OC. The van der Waals surface area contributed by atoms with Crippen LogP contribution in [0.2, 0.25) is 0 Å². The van der Waals surface area contributed by atoms with Crippen LogP contribution < -0.4 is 9.47 Å². The molecule has 0 spiro atoms. The molecule has 3 heteroatoms. The van der Waals surface area contributed by atoms with Crippen LogP contribution in [0, 0.1) is 0 Å².